The van der Waals surface area contributed by atoms with Gasteiger partial charge in [0, 0.05) is 6.54 Å². The summed E-state index contributed by atoms with van der Waals surface area (Å²) in [6.45, 7) is 0.962. The van der Waals surface area contributed by atoms with Crippen LogP contribution < -0.4 is 0 Å². The summed E-state index contributed by atoms with van der Waals surface area (Å²) in [7, 11) is 0. The number of carbonyl (C=O) groups is 1. The third-order valence-corrected chi connectivity index (χ3v) is 4.84. The predicted molar refractivity (Wildman–Crippen MR) is 90.4 cm³/mol. The summed E-state index contributed by atoms with van der Waals surface area (Å²) in [5.41, 5.74) is 1.93. The minimum atomic E-state index is -0.292. The van der Waals surface area contributed by atoms with Gasteiger partial charge in [-0.3, -0.25) is 0 Å². The summed E-state index contributed by atoms with van der Waals surface area (Å²) in [5, 5.41) is 0. The first kappa shape index (κ1) is 16.1. The molecule has 0 aliphatic carbocycles. The lowest BCUT2D eigenvalue weighted by Crippen LogP contribution is -2.39. The average Bonchev–Trinajstić information content (AvgIpc) is 3.28. The molecule has 0 bridgehead atoms. The Morgan fingerprint density at radius 3 is 2.68 bits per heavy atom. The Hall–Kier alpha value is -2.40. The maximum Gasteiger partial charge on any atom is 0.410 e. The van der Waals surface area contributed by atoms with Gasteiger partial charge in [0.25, 0.3) is 0 Å². The maximum atomic E-state index is 13.1. The van der Waals surface area contributed by atoms with Crippen molar-refractivity contribution in [2.45, 2.75) is 37.7 Å². The van der Waals surface area contributed by atoms with Crippen molar-refractivity contribution in [1.29, 1.82) is 0 Å². The summed E-state index contributed by atoms with van der Waals surface area (Å²) in [6.07, 6.45) is 1.47. The van der Waals surface area contributed by atoms with Gasteiger partial charge in [0.2, 0.25) is 0 Å². The second kappa shape index (κ2) is 6.84. The number of halogens is 1. The Balaban J connectivity index is 1.36. The maximum absolute atomic E-state index is 13.1. The number of amides is 1. The van der Waals surface area contributed by atoms with Gasteiger partial charge in [-0.1, -0.05) is 42.5 Å². The van der Waals surface area contributed by atoms with E-state index in [4.69, 9.17) is 9.47 Å². The Bertz CT molecular complexity index is 734. The van der Waals surface area contributed by atoms with Crippen LogP contribution >= 0.6 is 0 Å². The third kappa shape index (κ3) is 3.51. The van der Waals surface area contributed by atoms with E-state index in [1.807, 2.05) is 30.3 Å². The molecular weight excluding hydrogens is 321 g/mol. The summed E-state index contributed by atoms with van der Waals surface area (Å²) in [5.74, 6) is -0.257. The SMILES string of the molecule is O=C(OCc1ccccc1)N1CCC[C@@H]1[C@H]1O[C@@H]1c1ccc(F)cc1. The number of hydrogen-bond acceptors (Lipinski definition) is 3. The minimum absolute atomic E-state index is 0.0262. The highest BCUT2D eigenvalue weighted by molar-refractivity contribution is 5.68. The molecule has 4 rings (SSSR count). The zero-order valence-electron chi connectivity index (χ0n) is 13.8. The summed E-state index contributed by atoms with van der Waals surface area (Å²) in [4.78, 5) is 14.2. The number of ether oxygens (including phenoxy) is 2. The molecule has 3 atom stereocenters. The molecule has 0 spiro atoms. The Morgan fingerprint density at radius 2 is 1.92 bits per heavy atom. The molecule has 1 amide bonds. The first-order chi connectivity index (χ1) is 12.2. The fourth-order valence-corrected chi connectivity index (χ4v) is 3.50. The molecule has 5 heteroatoms. The van der Waals surface area contributed by atoms with Crippen molar-refractivity contribution >= 4 is 6.09 Å². The number of epoxide rings is 1. The minimum Gasteiger partial charge on any atom is -0.445 e. The molecule has 2 aromatic carbocycles. The summed E-state index contributed by atoms with van der Waals surface area (Å²) < 4.78 is 24.3. The number of hydrogen-bond donors (Lipinski definition) is 0. The molecule has 2 heterocycles. The van der Waals surface area contributed by atoms with E-state index in [1.54, 1.807) is 17.0 Å². The number of rotatable bonds is 4. The molecule has 0 radical (unpaired) electrons. The quantitative estimate of drug-likeness (QED) is 0.788. The van der Waals surface area contributed by atoms with Gasteiger partial charge >= 0.3 is 6.09 Å². The van der Waals surface area contributed by atoms with E-state index in [0.717, 1.165) is 24.0 Å². The monoisotopic (exact) mass is 341 g/mol. The molecule has 130 valence electrons. The fourth-order valence-electron chi connectivity index (χ4n) is 3.50. The Morgan fingerprint density at radius 1 is 1.16 bits per heavy atom. The third-order valence-electron chi connectivity index (χ3n) is 4.84. The molecule has 2 saturated heterocycles. The molecule has 2 aliphatic heterocycles. The second-order valence-corrected chi connectivity index (χ2v) is 6.52. The van der Waals surface area contributed by atoms with Gasteiger partial charge in [0.05, 0.1) is 6.04 Å². The zero-order chi connectivity index (χ0) is 17.2. The van der Waals surface area contributed by atoms with Crippen LogP contribution in [-0.2, 0) is 16.1 Å². The van der Waals surface area contributed by atoms with Gasteiger partial charge in [0.15, 0.2) is 0 Å². The van der Waals surface area contributed by atoms with Crippen molar-refractivity contribution in [3.8, 4) is 0 Å². The molecule has 2 aliphatic rings. The van der Waals surface area contributed by atoms with Gasteiger partial charge in [-0.15, -0.1) is 0 Å². The van der Waals surface area contributed by atoms with Crippen LogP contribution in [0.3, 0.4) is 0 Å². The number of likely N-dealkylation sites (tertiary alicyclic amines) is 1. The van der Waals surface area contributed by atoms with Crippen molar-refractivity contribution in [3.05, 3.63) is 71.5 Å². The normalized spacial score (nSPS) is 25.0. The molecular formula is C20H20FNO3. The lowest BCUT2D eigenvalue weighted by atomic mass is 10.0. The van der Waals surface area contributed by atoms with Gasteiger partial charge in [-0.05, 0) is 36.1 Å². The topological polar surface area (TPSA) is 42.1 Å². The van der Waals surface area contributed by atoms with Gasteiger partial charge < -0.3 is 14.4 Å². The first-order valence-corrected chi connectivity index (χ1v) is 8.60. The van der Waals surface area contributed by atoms with Crippen LogP contribution in [0.25, 0.3) is 0 Å². The van der Waals surface area contributed by atoms with Crippen LogP contribution in [0.2, 0.25) is 0 Å². The number of carbonyl (C=O) groups excluding carboxylic acids is 1. The molecule has 0 saturated carbocycles. The lowest BCUT2D eigenvalue weighted by Gasteiger charge is -2.23. The van der Waals surface area contributed by atoms with Crippen molar-refractivity contribution < 1.29 is 18.7 Å². The first-order valence-electron chi connectivity index (χ1n) is 8.60. The lowest BCUT2D eigenvalue weighted by molar-refractivity contribution is 0.0871. The predicted octanol–water partition coefficient (Wildman–Crippen LogP) is 4.07. The summed E-state index contributed by atoms with van der Waals surface area (Å²) in [6, 6.07) is 16.0. The van der Waals surface area contributed by atoms with E-state index in [1.165, 1.54) is 12.1 Å². The zero-order valence-corrected chi connectivity index (χ0v) is 13.8. The van der Waals surface area contributed by atoms with Crippen molar-refractivity contribution in [2.75, 3.05) is 6.54 Å². The van der Waals surface area contributed by atoms with Crippen molar-refractivity contribution in [3.63, 3.8) is 0 Å². The van der Waals surface area contributed by atoms with E-state index < -0.39 is 0 Å². The van der Waals surface area contributed by atoms with Gasteiger partial charge in [0.1, 0.15) is 24.6 Å². The van der Waals surface area contributed by atoms with E-state index >= 15 is 0 Å². The van der Waals surface area contributed by atoms with E-state index in [-0.39, 0.29) is 36.8 Å². The molecule has 2 aromatic rings. The van der Waals surface area contributed by atoms with Crippen LogP contribution in [0.4, 0.5) is 9.18 Å². The summed E-state index contributed by atoms with van der Waals surface area (Å²) >= 11 is 0. The highest BCUT2D eigenvalue weighted by Crippen LogP contribution is 2.45. The largest absolute Gasteiger partial charge is 0.445 e. The Labute approximate surface area is 146 Å². The fraction of sp³-hybridized carbons (Fsp3) is 0.350. The second-order valence-electron chi connectivity index (χ2n) is 6.52. The highest BCUT2D eigenvalue weighted by atomic mass is 19.1. The molecule has 0 aromatic heterocycles. The van der Waals surface area contributed by atoms with Crippen LogP contribution in [0.5, 0.6) is 0 Å². The molecule has 4 nitrogen and oxygen atoms in total. The van der Waals surface area contributed by atoms with E-state index in [9.17, 15) is 9.18 Å². The van der Waals surface area contributed by atoms with E-state index in [2.05, 4.69) is 0 Å². The standard InChI is InChI=1S/C20H20FNO3/c21-16-10-8-15(9-11-16)18-19(25-18)17-7-4-12-22(17)20(23)24-13-14-5-2-1-3-6-14/h1-3,5-6,8-11,17-19H,4,7,12-13H2/t17-,18-,19-/m1/s1. The average molecular weight is 341 g/mol. The highest BCUT2D eigenvalue weighted by Gasteiger charge is 2.50. The molecule has 25 heavy (non-hydrogen) atoms. The molecule has 0 unspecified atom stereocenters. The number of nitrogens with zero attached hydrogens (tertiary/aromatic N) is 1. The van der Waals surface area contributed by atoms with Crippen LogP contribution in [0.15, 0.2) is 54.6 Å². The van der Waals surface area contributed by atoms with Gasteiger partial charge in [-0.2, -0.15) is 0 Å². The van der Waals surface area contributed by atoms with Crippen LogP contribution in [0.1, 0.15) is 30.1 Å². The van der Waals surface area contributed by atoms with E-state index in [0.29, 0.717) is 6.54 Å². The molecule has 2 fully saturated rings. The van der Waals surface area contributed by atoms with Crippen molar-refractivity contribution in [2.24, 2.45) is 0 Å². The molecule has 0 N–H and O–H groups in total. The Kier molecular flexibility index (Phi) is 4.40. The van der Waals surface area contributed by atoms with Crippen LogP contribution in [-0.4, -0.2) is 29.7 Å². The number of benzene rings is 2. The van der Waals surface area contributed by atoms with Crippen LogP contribution in [0, 0.1) is 5.82 Å². The van der Waals surface area contributed by atoms with Gasteiger partial charge in [-0.25, -0.2) is 9.18 Å². The van der Waals surface area contributed by atoms with Crippen molar-refractivity contribution in [1.82, 2.24) is 4.90 Å². The smallest absolute Gasteiger partial charge is 0.410 e.